The maximum atomic E-state index is 12.7. The molecule has 2 heterocycles. The molecule has 8 heteroatoms. The molecule has 0 aliphatic rings. The molecule has 152 valence electrons. The van der Waals surface area contributed by atoms with Crippen molar-refractivity contribution in [3.63, 3.8) is 0 Å². The largest absolute Gasteiger partial charge is 0.462 e. The van der Waals surface area contributed by atoms with Gasteiger partial charge in [0.15, 0.2) is 0 Å². The summed E-state index contributed by atoms with van der Waals surface area (Å²) in [5.41, 5.74) is 1.56. The number of halogens is 1. The summed E-state index contributed by atoms with van der Waals surface area (Å²) in [7, 11) is 0. The minimum absolute atomic E-state index is 0.141. The number of aryl methyl sites for hydroxylation is 1. The van der Waals surface area contributed by atoms with Gasteiger partial charge in [-0.05, 0) is 43.7 Å². The van der Waals surface area contributed by atoms with Gasteiger partial charge in [0.25, 0.3) is 5.91 Å². The van der Waals surface area contributed by atoms with E-state index in [4.69, 9.17) is 9.15 Å². The summed E-state index contributed by atoms with van der Waals surface area (Å²) in [5, 5.41) is 14.2. The molecule has 0 fully saturated rings. The molecular weight excluding hydrogens is 468 g/mol. The molecule has 0 unspecified atom stereocenters. The number of hydrogen-bond acceptors (Lipinski definition) is 6. The van der Waals surface area contributed by atoms with E-state index in [0.29, 0.717) is 22.1 Å². The van der Waals surface area contributed by atoms with Crippen LogP contribution < -0.4 is 5.32 Å². The lowest BCUT2D eigenvalue weighted by atomic mass is 10.0. The fraction of sp³-hybridized carbons (Fsp3) is 0.136. The lowest BCUT2D eigenvalue weighted by molar-refractivity contribution is -0.112. The molecule has 1 aromatic carbocycles. The number of anilines is 1. The molecule has 1 amide bonds. The number of carbonyl (C=O) groups is 2. The van der Waals surface area contributed by atoms with Gasteiger partial charge in [0.1, 0.15) is 33.7 Å². The number of nitriles is 1. The topological polar surface area (TPSA) is 92.3 Å². The number of esters is 1. The molecule has 0 saturated carbocycles. The number of furan rings is 1. The molecule has 1 N–H and O–H groups in total. The highest BCUT2D eigenvalue weighted by Crippen LogP contribution is 2.37. The van der Waals surface area contributed by atoms with Gasteiger partial charge < -0.3 is 14.5 Å². The van der Waals surface area contributed by atoms with E-state index in [1.54, 1.807) is 31.4 Å². The van der Waals surface area contributed by atoms with Crippen molar-refractivity contribution < 1.29 is 18.7 Å². The van der Waals surface area contributed by atoms with Crippen LogP contribution in [0.1, 0.15) is 28.8 Å². The highest BCUT2D eigenvalue weighted by Gasteiger charge is 2.24. The van der Waals surface area contributed by atoms with Crippen LogP contribution in [0.15, 0.2) is 56.2 Å². The normalized spacial score (nSPS) is 11.1. The van der Waals surface area contributed by atoms with Crippen LogP contribution in [0, 0.1) is 18.3 Å². The molecule has 6 nitrogen and oxygen atoms in total. The zero-order chi connectivity index (χ0) is 21.7. The van der Waals surface area contributed by atoms with Crippen LogP contribution in [0.3, 0.4) is 0 Å². The summed E-state index contributed by atoms with van der Waals surface area (Å²) in [5.74, 6) is -0.120. The summed E-state index contributed by atoms with van der Waals surface area (Å²) < 4.78 is 11.5. The summed E-state index contributed by atoms with van der Waals surface area (Å²) >= 11 is 4.58. The number of nitrogens with one attached hydrogen (secondary N) is 1. The first kappa shape index (κ1) is 21.6. The minimum atomic E-state index is -0.638. The Morgan fingerprint density at radius 3 is 2.60 bits per heavy atom. The summed E-state index contributed by atoms with van der Waals surface area (Å²) in [6, 6.07) is 12.7. The van der Waals surface area contributed by atoms with Gasteiger partial charge in [0.05, 0.1) is 6.61 Å². The van der Waals surface area contributed by atoms with Crippen LogP contribution in [0.2, 0.25) is 0 Å². The van der Waals surface area contributed by atoms with Crippen LogP contribution in [0.4, 0.5) is 5.00 Å². The summed E-state index contributed by atoms with van der Waals surface area (Å²) in [6.07, 6.45) is 1.36. The first-order chi connectivity index (χ1) is 14.4. The number of hydrogen-bond donors (Lipinski definition) is 1. The molecule has 30 heavy (non-hydrogen) atoms. The van der Waals surface area contributed by atoms with Crippen molar-refractivity contribution in [3.05, 3.63) is 68.9 Å². The van der Waals surface area contributed by atoms with Gasteiger partial charge in [-0.2, -0.15) is 5.26 Å². The summed E-state index contributed by atoms with van der Waals surface area (Å²) in [6.45, 7) is 3.68. The van der Waals surface area contributed by atoms with Crippen molar-refractivity contribution in [1.82, 2.24) is 0 Å². The number of nitrogens with zero attached hydrogens (tertiary/aromatic N) is 1. The molecule has 0 atom stereocenters. The number of carbonyl (C=O) groups excluding carboxylic acids is 2. The Morgan fingerprint density at radius 1 is 1.27 bits per heavy atom. The number of amides is 1. The number of thiophene rings is 1. The molecule has 2 aromatic heterocycles. The third-order valence-electron chi connectivity index (χ3n) is 4.07. The lowest BCUT2D eigenvalue weighted by Crippen LogP contribution is -2.16. The van der Waals surface area contributed by atoms with Gasteiger partial charge in [-0.1, -0.05) is 28.1 Å². The zero-order valence-electron chi connectivity index (χ0n) is 16.2. The second-order valence-electron chi connectivity index (χ2n) is 6.15. The monoisotopic (exact) mass is 484 g/mol. The molecule has 0 spiro atoms. The molecular formula is C22H17BrN2O4S. The van der Waals surface area contributed by atoms with E-state index in [-0.39, 0.29) is 17.7 Å². The average Bonchev–Trinajstić information content (AvgIpc) is 3.32. The van der Waals surface area contributed by atoms with E-state index in [0.717, 1.165) is 10.0 Å². The van der Waals surface area contributed by atoms with Crippen molar-refractivity contribution >= 4 is 50.2 Å². The highest BCUT2D eigenvalue weighted by atomic mass is 79.9. The molecule has 0 bridgehead atoms. The van der Waals surface area contributed by atoms with Crippen LogP contribution >= 0.6 is 27.3 Å². The standard InChI is InChI=1S/C22H17BrN2O4S/c1-3-28-22(27)19-18(14-5-7-16(23)8-6-14)12-30-21(19)25-20(26)15(11-24)10-17-9-4-13(2)29-17/h4-10,12H,3H2,1-2H3,(H,25,26)/b15-10+. The molecule has 0 aliphatic heterocycles. The lowest BCUT2D eigenvalue weighted by Gasteiger charge is -2.08. The van der Waals surface area contributed by atoms with Crippen LogP contribution in [0.25, 0.3) is 17.2 Å². The van der Waals surface area contributed by atoms with E-state index in [2.05, 4.69) is 21.2 Å². The first-order valence-electron chi connectivity index (χ1n) is 8.97. The molecule has 0 radical (unpaired) electrons. The Hall–Kier alpha value is -3.15. The van der Waals surface area contributed by atoms with E-state index >= 15 is 0 Å². The predicted octanol–water partition coefficient (Wildman–Crippen LogP) is 5.80. The van der Waals surface area contributed by atoms with Gasteiger partial charge in [-0.25, -0.2) is 4.79 Å². The smallest absolute Gasteiger partial charge is 0.341 e. The van der Waals surface area contributed by atoms with Crippen molar-refractivity contribution in [3.8, 4) is 17.2 Å². The fourth-order valence-electron chi connectivity index (χ4n) is 2.69. The number of rotatable bonds is 6. The van der Waals surface area contributed by atoms with Crippen LogP contribution in [0.5, 0.6) is 0 Å². The second-order valence-corrected chi connectivity index (χ2v) is 7.95. The first-order valence-corrected chi connectivity index (χ1v) is 10.6. The second kappa shape index (κ2) is 9.57. The van der Waals surface area contributed by atoms with Crippen LogP contribution in [-0.4, -0.2) is 18.5 Å². The van der Waals surface area contributed by atoms with Gasteiger partial charge in [-0.3, -0.25) is 4.79 Å². The van der Waals surface area contributed by atoms with Gasteiger partial charge >= 0.3 is 5.97 Å². The van der Waals surface area contributed by atoms with Gasteiger partial charge in [0.2, 0.25) is 0 Å². The van der Waals surface area contributed by atoms with Crippen molar-refractivity contribution in [1.29, 1.82) is 5.26 Å². The van der Waals surface area contributed by atoms with E-state index in [1.165, 1.54) is 17.4 Å². The van der Waals surface area contributed by atoms with Crippen molar-refractivity contribution in [2.75, 3.05) is 11.9 Å². The summed E-state index contributed by atoms with van der Waals surface area (Å²) in [4.78, 5) is 25.3. The Morgan fingerprint density at radius 2 is 2.00 bits per heavy atom. The Balaban J connectivity index is 1.96. The minimum Gasteiger partial charge on any atom is -0.462 e. The Kier molecular flexibility index (Phi) is 6.87. The van der Waals surface area contributed by atoms with E-state index < -0.39 is 11.9 Å². The van der Waals surface area contributed by atoms with Gasteiger partial charge in [0, 0.05) is 21.5 Å². The van der Waals surface area contributed by atoms with E-state index in [1.807, 2.05) is 30.3 Å². The van der Waals surface area contributed by atoms with E-state index in [9.17, 15) is 14.9 Å². The van der Waals surface area contributed by atoms with Crippen molar-refractivity contribution in [2.24, 2.45) is 0 Å². The fourth-order valence-corrected chi connectivity index (χ4v) is 3.91. The predicted molar refractivity (Wildman–Crippen MR) is 119 cm³/mol. The zero-order valence-corrected chi connectivity index (χ0v) is 18.6. The molecule has 3 rings (SSSR count). The molecule has 3 aromatic rings. The third kappa shape index (κ3) is 4.87. The maximum Gasteiger partial charge on any atom is 0.341 e. The molecule has 0 saturated heterocycles. The maximum absolute atomic E-state index is 12.7. The number of ether oxygens (including phenoxy) is 1. The third-order valence-corrected chi connectivity index (χ3v) is 5.49. The Bertz CT molecular complexity index is 1150. The number of benzene rings is 1. The van der Waals surface area contributed by atoms with Crippen molar-refractivity contribution in [2.45, 2.75) is 13.8 Å². The highest BCUT2D eigenvalue weighted by molar-refractivity contribution is 9.10. The average molecular weight is 485 g/mol. The Labute approximate surface area is 185 Å². The quantitative estimate of drug-likeness (QED) is 0.271. The van der Waals surface area contributed by atoms with Gasteiger partial charge in [-0.15, -0.1) is 11.3 Å². The SMILES string of the molecule is CCOC(=O)c1c(-c2ccc(Br)cc2)csc1NC(=O)/C(C#N)=C/c1ccc(C)o1. The molecule has 0 aliphatic carbocycles. The van der Waals surface area contributed by atoms with Crippen LogP contribution in [-0.2, 0) is 9.53 Å².